The van der Waals surface area contributed by atoms with Gasteiger partial charge in [-0.15, -0.1) is 0 Å². The average Bonchev–Trinajstić information content (AvgIpc) is 2.26. The highest BCUT2D eigenvalue weighted by Crippen LogP contribution is 2.23. The van der Waals surface area contributed by atoms with Crippen molar-refractivity contribution in [2.75, 3.05) is 0 Å². The van der Waals surface area contributed by atoms with Gasteiger partial charge in [-0.1, -0.05) is 38.1 Å². The van der Waals surface area contributed by atoms with E-state index in [4.69, 9.17) is 4.55 Å². The van der Waals surface area contributed by atoms with Crippen LogP contribution in [0.2, 0.25) is 0 Å². The molecule has 5 heteroatoms. The molecular formula is C11H16O4S. The molecule has 0 fully saturated rings. The predicted octanol–water partition coefficient (Wildman–Crippen LogP) is 2.08. The van der Waals surface area contributed by atoms with Crippen molar-refractivity contribution in [3.63, 3.8) is 0 Å². The van der Waals surface area contributed by atoms with Crippen molar-refractivity contribution < 1.29 is 18.1 Å². The summed E-state index contributed by atoms with van der Waals surface area (Å²) in [7, 11) is -4.44. The summed E-state index contributed by atoms with van der Waals surface area (Å²) in [6.45, 7) is 4.12. The SMILES string of the molecule is CCC(C)c1ccc(C(O)S(=O)(=O)O)cc1. The Kier molecular flexibility index (Phi) is 4.07. The van der Waals surface area contributed by atoms with E-state index in [1.54, 1.807) is 12.1 Å². The van der Waals surface area contributed by atoms with Gasteiger partial charge in [-0.05, 0) is 23.5 Å². The highest BCUT2D eigenvalue weighted by atomic mass is 32.2. The first-order chi connectivity index (χ1) is 7.36. The van der Waals surface area contributed by atoms with E-state index in [1.165, 1.54) is 12.1 Å². The van der Waals surface area contributed by atoms with Crippen LogP contribution in [-0.2, 0) is 10.1 Å². The maximum Gasteiger partial charge on any atom is 0.296 e. The maximum absolute atomic E-state index is 10.7. The zero-order valence-corrected chi connectivity index (χ0v) is 10.1. The molecule has 0 aromatic heterocycles. The molecule has 1 aromatic rings. The fraction of sp³-hybridized carbons (Fsp3) is 0.455. The molecule has 0 bridgehead atoms. The number of hydrogen-bond acceptors (Lipinski definition) is 3. The molecule has 0 saturated heterocycles. The summed E-state index contributed by atoms with van der Waals surface area (Å²) in [5.41, 5.74) is -0.609. The monoisotopic (exact) mass is 244 g/mol. The van der Waals surface area contributed by atoms with Gasteiger partial charge in [0.05, 0.1) is 0 Å². The first kappa shape index (κ1) is 13.2. The number of benzene rings is 1. The minimum absolute atomic E-state index is 0.176. The van der Waals surface area contributed by atoms with Gasteiger partial charge in [0, 0.05) is 0 Å². The lowest BCUT2D eigenvalue weighted by Crippen LogP contribution is -2.11. The minimum atomic E-state index is -4.44. The highest BCUT2D eigenvalue weighted by molar-refractivity contribution is 7.85. The number of rotatable bonds is 4. The van der Waals surface area contributed by atoms with Gasteiger partial charge in [-0.2, -0.15) is 8.42 Å². The minimum Gasteiger partial charge on any atom is -0.371 e. The maximum atomic E-state index is 10.7. The zero-order valence-electron chi connectivity index (χ0n) is 9.29. The molecule has 1 rings (SSSR count). The van der Waals surface area contributed by atoms with Crippen LogP contribution in [-0.4, -0.2) is 18.1 Å². The predicted molar refractivity (Wildman–Crippen MR) is 61.7 cm³/mol. The Morgan fingerprint density at radius 2 is 1.62 bits per heavy atom. The molecule has 0 amide bonds. The molecule has 0 heterocycles. The third-order valence-corrected chi connectivity index (χ3v) is 3.52. The van der Waals surface area contributed by atoms with Crippen LogP contribution in [0.25, 0.3) is 0 Å². The second-order valence-corrected chi connectivity index (χ2v) is 5.32. The number of hydrogen-bond donors (Lipinski definition) is 2. The summed E-state index contributed by atoms with van der Waals surface area (Å²) in [5, 5.41) is 9.31. The highest BCUT2D eigenvalue weighted by Gasteiger charge is 2.21. The quantitative estimate of drug-likeness (QED) is 0.795. The van der Waals surface area contributed by atoms with Crippen molar-refractivity contribution in [3.8, 4) is 0 Å². The fourth-order valence-corrected chi connectivity index (χ4v) is 1.90. The van der Waals surface area contributed by atoms with Gasteiger partial charge in [0.1, 0.15) is 0 Å². The van der Waals surface area contributed by atoms with Gasteiger partial charge >= 0.3 is 0 Å². The van der Waals surface area contributed by atoms with Gasteiger partial charge in [0.15, 0.2) is 0 Å². The third kappa shape index (κ3) is 3.04. The van der Waals surface area contributed by atoms with Gasteiger partial charge in [0.2, 0.25) is 5.44 Å². The summed E-state index contributed by atoms with van der Waals surface area (Å²) in [6.07, 6.45) is 0.986. The molecule has 0 spiro atoms. The molecule has 2 atom stereocenters. The molecule has 16 heavy (non-hydrogen) atoms. The van der Waals surface area contributed by atoms with Gasteiger partial charge in [0.25, 0.3) is 10.1 Å². The Hall–Kier alpha value is -0.910. The van der Waals surface area contributed by atoms with Crippen molar-refractivity contribution in [1.29, 1.82) is 0 Å². The van der Waals surface area contributed by atoms with Crippen LogP contribution in [0.3, 0.4) is 0 Å². The zero-order chi connectivity index (χ0) is 12.3. The first-order valence-electron chi connectivity index (χ1n) is 5.10. The lowest BCUT2D eigenvalue weighted by Gasteiger charge is -2.11. The van der Waals surface area contributed by atoms with Crippen molar-refractivity contribution in [2.24, 2.45) is 0 Å². The summed E-state index contributed by atoms with van der Waals surface area (Å²) in [6, 6.07) is 6.55. The van der Waals surface area contributed by atoms with Crippen LogP contribution in [0, 0.1) is 0 Å². The van der Waals surface area contributed by atoms with Crippen LogP contribution in [0.15, 0.2) is 24.3 Å². The normalized spacial score (nSPS) is 15.8. The van der Waals surface area contributed by atoms with Crippen LogP contribution < -0.4 is 0 Å². The Morgan fingerprint density at radius 1 is 1.19 bits per heavy atom. The molecule has 0 radical (unpaired) electrons. The molecule has 1 aromatic carbocycles. The van der Waals surface area contributed by atoms with Crippen LogP contribution >= 0.6 is 0 Å². The molecular weight excluding hydrogens is 228 g/mol. The fourth-order valence-electron chi connectivity index (χ4n) is 1.40. The van der Waals surface area contributed by atoms with E-state index in [-0.39, 0.29) is 5.56 Å². The lowest BCUT2D eigenvalue weighted by molar-refractivity contribution is 0.238. The van der Waals surface area contributed by atoms with E-state index in [9.17, 15) is 13.5 Å². The van der Waals surface area contributed by atoms with Gasteiger partial charge in [-0.25, -0.2) is 0 Å². The molecule has 2 N–H and O–H groups in total. The summed E-state index contributed by atoms with van der Waals surface area (Å²) < 4.78 is 30.1. The average molecular weight is 244 g/mol. The smallest absolute Gasteiger partial charge is 0.296 e. The first-order valence-corrected chi connectivity index (χ1v) is 6.60. The van der Waals surface area contributed by atoms with Crippen LogP contribution in [0.1, 0.15) is 42.7 Å². The topological polar surface area (TPSA) is 74.6 Å². The van der Waals surface area contributed by atoms with Crippen LogP contribution in [0.4, 0.5) is 0 Å². The number of aliphatic hydroxyl groups is 1. The van der Waals surface area contributed by atoms with Gasteiger partial charge < -0.3 is 5.11 Å². The Balaban J connectivity index is 2.96. The van der Waals surface area contributed by atoms with Crippen molar-refractivity contribution >= 4 is 10.1 Å². The van der Waals surface area contributed by atoms with Crippen molar-refractivity contribution in [1.82, 2.24) is 0 Å². The molecule has 90 valence electrons. The van der Waals surface area contributed by atoms with E-state index in [0.717, 1.165) is 12.0 Å². The molecule has 2 unspecified atom stereocenters. The Bertz CT molecular complexity index is 436. The largest absolute Gasteiger partial charge is 0.371 e. The van der Waals surface area contributed by atoms with Crippen molar-refractivity contribution in [3.05, 3.63) is 35.4 Å². The van der Waals surface area contributed by atoms with E-state index >= 15 is 0 Å². The summed E-state index contributed by atoms with van der Waals surface area (Å²) >= 11 is 0. The second kappa shape index (κ2) is 4.95. The van der Waals surface area contributed by atoms with E-state index in [2.05, 4.69) is 13.8 Å². The van der Waals surface area contributed by atoms with E-state index in [1.807, 2.05) is 0 Å². The number of aliphatic hydroxyl groups excluding tert-OH is 1. The standard InChI is InChI=1S/C11H16O4S/c1-3-8(2)9-4-6-10(7-5-9)11(12)16(13,14)15/h4-8,11-12H,3H2,1-2H3,(H,13,14,15). The van der Waals surface area contributed by atoms with E-state index in [0.29, 0.717) is 5.92 Å². The Labute approximate surface area is 95.7 Å². The molecule has 0 aliphatic heterocycles. The van der Waals surface area contributed by atoms with Gasteiger partial charge in [-0.3, -0.25) is 4.55 Å². The molecule has 4 nitrogen and oxygen atoms in total. The molecule has 0 aliphatic carbocycles. The summed E-state index contributed by atoms with van der Waals surface area (Å²) in [5.74, 6) is 0.386. The summed E-state index contributed by atoms with van der Waals surface area (Å²) in [4.78, 5) is 0. The van der Waals surface area contributed by atoms with Crippen molar-refractivity contribution in [2.45, 2.75) is 31.6 Å². The molecule has 0 saturated carbocycles. The van der Waals surface area contributed by atoms with Crippen LogP contribution in [0.5, 0.6) is 0 Å². The Morgan fingerprint density at radius 3 is 2.00 bits per heavy atom. The lowest BCUT2D eigenvalue weighted by atomic mass is 9.98. The molecule has 0 aliphatic rings. The third-order valence-electron chi connectivity index (χ3n) is 2.69. The second-order valence-electron chi connectivity index (χ2n) is 3.84. The van der Waals surface area contributed by atoms with E-state index < -0.39 is 15.6 Å².